The fourth-order valence-corrected chi connectivity index (χ4v) is 2.10. The van der Waals surface area contributed by atoms with Gasteiger partial charge in [0.1, 0.15) is 5.75 Å². The number of unbranched alkanes of at least 4 members (excludes halogenated alkanes) is 1. The largest absolute Gasteiger partial charge is 0.494 e. The molecule has 5 nitrogen and oxygen atoms in total. The molecule has 0 aliphatic heterocycles. The molecule has 0 heterocycles. The van der Waals surface area contributed by atoms with Crippen LogP contribution in [-0.4, -0.2) is 45.4 Å². The van der Waals surface area contributed by atoms with Gasteiger partial charge in [-0.1, -0.05) is 17.7 Å². The van der Waals surface area contributed by atoms with E-state index in [0.29, 0.717) is 6.61 Å². The summed E-state index contributed by atoms with van der Waals surface area (Å²) < 4.78 is 11.1. The SMILES string of the molecule is CCNC(=NCCCOc1ccc(C)cc1)NCCCCOCC.I. The van der Waals surface area contributed by atoms with E-state index < -0.39 is 0 Å². The fraction of sp³-hybridized carbons (Fsp3) is 0.632. The highest BCUT2D eigenvalue weighted by Gasteiger charge is 1.97. The van der Waals surface area contributed by atoms with Crippen LogP contribution >= 0.6 is 24.0 Å². The Morgan fingerprint density at radius 1 is 1.00 bits per heavy atom. The first-order valence-electron chi connectivity index (χ1n) is 9.05. The van der Waals surface area contributed by atoms with E-state index in [1.807, 2.05) is 19.1 Å². The first-order chi connectivity index (χ1) is 11.8. The first-order valence-corrected chi connectivity index (χ1v) is 9.05. The maximum absolute atomic E-state index is 5.71. The Kier molecular flexibility index (Phi) is 15.8. The monoisotopic (exact) mass is 463 g/mol. The molecule has 25 heavy (non-hydrogen) atoms. The van der Waals surface area contributed by atoms with Crippen LogP contribution in [0.3, 0.4) is 0 Å². The van der Waals surface area contributed by atoms with Gasteiger partial charge >= 0.3 is 0 Å². The Morgan fingerprint density at radius 3 is 2.44 bits per heavy atom. The lowest BCUT2D eigenvalue weighted by Gasteiger charge is -2.11. The van der Waals surface area contributed by atoms with Gasteiger partial charge in [0.2, 0.25) is 0 Å². The molecular weight excluding hydrogens is 429 g/mol. The number of hydrogen-bond donors (Lipinski definition) is 2. The molecule has 1 aromatic rings. The molecule has 0 radical (unpaired) electrons. The van der Waals surface area contributed by atoms with Crippen LogP contribution in [0.5, 0.6) is 5.75 Å². The second kappa shape index (κ2) is 16.4. The molecule has 0 bridgehead atoms. The second-order valence-corrected chi connectivity index (χ2v) is 5.61. The Hall–Kier alpha value is -1.02. The molecule has 0 amide bonds. The fourth-order valence-electron chi connectivity index (χ4n) is 2.10. The van der Waals surface area contributed by atoms with Crippen LogP contribution in [0.1, 0.15) is 38.7 Å². The zero-order valence-corrected chi connectivity index (χ0v) is 18.2. The maximum Gasteiger partial charge on any atom is 0.191 e. The number of ether oxygens (including phenoxy) is 2. The van der Waals surface area contributed by atoms with E-state index in [0.717, 1.165) is 63.8 Å². The van der Waals surface area contributed by atoms with Gasteiger partial charge in [-0.15, -0.1) is 24.0 Å². The van der Waals surface area contributed by atoms with Gasteiger partial charge in [-0.05, 0) is 45.7 Å². The van der Waals surface area contributed by atoms with Crippen LogP contribution in [0.15, 0.2) is 29.3 Å². The number of guanidine groups is 1. The number of nitrogens with one attached hydrogen (secondary N) is 2. The molecule has 0 aromatic heterocycles. The third-order valence-electron chi connectivity index (χ3n) is 3.42. The van der Waals surface area contributed by atoms with Crippen molar-refractivity contribution < 1.29 is 9.47 Å². The van der Waals surface area contributed by atoms with Crippen molar-refractivity contribution in [2.24, 2.45) is 4.99 Å². The van der Waals surface area contributed by atoms with Crippen LogP contribution in [0, 0.1) is 6.92 Å². The smallest absolute Gasteiger partial charge is 0.191 e. The molecule has 0 atom stereocenters. The summed E-state index contributed by atoms with van der Waals surface area (Å²) in [5, 5.41) is 6.62. The molecule has 0 aliphatic rings. The molecule has 0 saturated heterocycles. The van der Waals surface area contributed by atoms with Crippen LogP contribution in [0.4, 0.5) is 0 Å². The number of benzene rings is 1. The van der Waals surface area contributed by atoms with E-state index in [9.17, 15) is 0 Å². The Labute approximate surface area is 170 Å². The topological polar surface area (TPSA) is 54.9 Å². The van der Waals surface area contributed by atoms with Gasteiger partial charge in [0.15, 0.2) is 5.96 Å². The quantitative estimate of drug-likeness (QED) is 0.215. The minimum atomic E-state index is 0. The highest BCUT2D eigenvalue weighted by atomic mass is 127. The third kappa shape index (κ3) is 12.9. The number of aliphatic imine (C=N–C) groups is 1. The summed E-state index contributed by atoms with van der Waals surface area (Å²) in [5.41, 5.74) is 1.24. The van der Waals surface area contributed by atoms with Crippen molar-refractivity contribution in [1.29, 1.82) is 0 Å². The summed E-state index contributed by atoms with van der Waals surface area (Å²) in [7, 11) is 0. The number of rotatable bonds is 12. The summed E-state index contributed by atoms with van der Waals surface area (Å²) in [4.78, 5) is 4.58. The maximum atomic E-state index is 5.71. The average molecular weight is 463 g/mol. The number of hydrogen-bond acceptors (Lipinski definition) is 3. The average Bonchev–Trinajstić information content (AvgIpc) is 2.59. The number of aryl methyl sites for hydroxylation is 1. The summed E-state index contributed by atoms with van der Waals surface area (Å²) in [6.45, 7) is 11.0. The Morgan fingerprint density at radius 2 is 1.76 bits per heavy atom. The van der Waals surface area contributed by atoms with Crippen LogP contribution in [-0.2, 0) is 4.74 Å². The van der Waals surface area contributed by atoms with E-state index in [-0.39, 0.29) is 24.0 Å². The lowest BCUT2D eigenvalue weighted by Crippen LogP contribution is -2.38. The van der Waals surface area contributed by atoms with Crippen molar-refractivity contribution in [2.45, 2.75) is 40.0 Å². The molecule has 1 rings (SSSR count). The van der Waals surface area contributed by atoms with Gasteiger partial charge in [0.05, 0.1) is 6.61 Å². The predicted molar refractivity (Wildman–Crippen MR) is 116 cm³/mol. The molecule has 144 valence electrons. The van der Waals surface area contributed by atoms with E-state index in [1.165, 1.54) is 5.56 Å². The van der Waals surface area contributed by atoms with Crippen molar-refractivity contribution in [3.63, 3.8) is 0 Å². The second-order valence-electron chi connectivity index (χ2n) is 5.61. The molecule has 0 saturated carbocycles. The first kappa shape index (κ1) is 24.0. The van der Waals surface area contributed by atoms with Gasteiger partial charge in [-0.2, -0.15) is 0 Å². The van der Waals surface area contributed by atoms with Crippen molar-refractivity contribution in [3.8, 4) is 5.75 Å². The molecule has 6 heteroatoms. The molecule has 1 aromatic carbocycles. The van der Waals surface area contributed by atoms with Crippen molar-refractivity contribution in [1.82, 2.24) is 10.6 Å². The van der Waals surface area contributed by atoms with E-state index in [1.54, 1.807) is 0 Å². The Bertz CT molecular complexity index is 452. The third-order valence-corrected chi connectivity index (χ3v) is 3.42. The van der Waals surface area contributed by atoms with Crippen LogP contribution in [0.25, 0.3) is 0 Å². The molecule has 0 aliphatic carbocycles. The summed E-state index contributed by atoms with van der Waals surface area (Å²) in [5.74, 6) is 1.80. The highest BCUT2D eigenvalue weighted by molar-refractivity contribution is 14.0. The molecule has 0 fully saturated rings. The van der Waals surface area contributed by atoms with Gasteiger partial charge in [0.25, 0.3) is 0 Å². The standard InChI is InChI=1S/C19H33N3O2.HI/c1-4-20-19(21-13-6-7-15-23-5-2)22-14-8-16-24-18-11-9-17(3)10-12-18;/h9-12H,4-8,13-16H2,1-3H3,(H2,20,21,22);1H. The molecule has 2 N–H and O–H groups in total. The highest BCUT2D eigenvalue weighted by Crippen LogP contribution is 2.11. The minimum Gasteiger partial charge on any atom is -0.494 e. The molecule has 0 unspecified atom stereocenters. The Balaban J connectivity index is 0.00000576. The lowest BCUT2D eigenvalue weighted by atomic mass is 10.2. The van der Waals surface area contributed by atoms with Crippen LogP contribution < -0.4 is 15.4 Å². The van der Waals surface area contributed by atoms with E-state index in [2.05, 4.69) is 41.6 Å². The zero-order chi connectivity index (χ0) is 17.5. The van der Waals surface area contributed by atoms with E-state index >= 15 is 0 Å². The van der Waals surface area contributed by atoms with Crippen molar-refractivity contribution in [3.05, 3.63) is 29.8 Å². The molecule has 0 spiro atoms. The van der Waals surface area contributed by atoms with E-state index in [4.69, 9.17) is 9.47 Å². The van der Waals surface area contributed by atoms with Crippen molar-refractivity contribution in [2.75, 3.05) is 39.5 Å². The van der Waals surface area contributed by atoms with Gasteiger partial charge < -0.3 is 20.1 Å². The minimum absolute atomic E-state index is 0. The normalized spacial score (nSPS) is 10.9. The van der Waals surface area contributed by atoms with Gasteiger partial charge in [0, 0.05) is 39.3 Å². The van der Waals surface area contributed by atoms with Crippen LogP contribution in [0.2, 0.25) is 0 Å². The van der Waals surface area contributed by atoms with Crippen molar-refractivity contribution >= 4 is 29.9 Å². The molecular formula is C19H34IN3O2. The zero-order valence-electron chi connectivity index (χ0n) is 15.8. The summed E-state index contributed by atoms with van der Waals surface area (Å²) in [6, 6.07) is 8.14. The van der Waals surface area contributed by atoms with Gasteiger partial charge in [-0.25, -0.2) is 0 Å². The lowest BCUT2D eigenvalue weighted by molar-refractivity contribution is 0.143. The number of halogens is 1. The van der Waals surface area contributed by atoms with Gasteiger partial charge in [-0.3, -0.25) is 4.99 Å². The summed E-state index contributed by atoms with van der Waals surface area (Å²) in [6.07, 6.45) is 3.06. The summed E-state index contributed by atoms with van der Waals surface area (Å²) >= 11 is 0. The number of nitrogens with zero attached hydrogens (tertiary/aromatic N) is 1. The predicted octanol–water partition coefficient (Wildman–Crippen LogP) is 3.75.